The van der Waals surface area contributed by atoms with E-state index in [-0.39, 0.29) is 11.4 Å². The van der Waals surface area contributed by atoms with E-state index in [4.69, 9.17) is 4.74 Å². The van der Waals surface area contributed by atoms with E-state index in [0.29, 0.717) is 11.1 Å². The van der Waals surface area contributed by atoms with Crippen LogP contribution < -0.4 is 0 Å². The molecule has 0 fully saturated rings. The summed E-state index contributed by atoms with van der Waals surface area (Å²) in [5.41, 5.74) is 2.38. The van der Waals surface area contributed by atoms with Crippen LogP contribution in [0.3, 0.4) is 0 Å². The van der Waals surface area contributed by atoms with Crippen LogP contribution in [-0.2, 0) is 14.9 Å². The van der Waals surface area contributed by atoms with Gasteiger partial charge in [0.15, 0.2) is 0 Å². The van der Waals surface area contributed by atoms with Crippen molar-refractivity contribution >= 4 is 28.0 Å². The second-order valence-electron chi connectivity index (χ2n) is 5.08. The molecule has 1 aromatic carbocycles. The number of carbonyl (C=O) groups excluding carboxylic acids is 1. The Labute approximate surface area is 117 Å². The van der Waals surface area contributed by atoms with Crippen LogP contribution in [0.15, 0.2) is 28.7 Å². The maximum Gasteiger partial charge on any atom is 0.345 e. The lowest BCUT2D eigenvalue weighted by Gasteiger charge is -2.18. The Hall–Kier alpha value is -1.09. The normalized spacial score (nSPS) is 12.4. The van der Waals surface area contributed by atoms with E-state index >= 15 is 0 Å². The number of benzene rings is 1. The average molecular weight is 311 g/mol. The molecule has 0 spiro atoms. The van der Waals surface area contributed by atoms with Crippen LogP contribution in [0.2, 0.25) is 0 Å². The van der Waals surface area contributed by atoms with E-state index in [1.165, 1.54) is 5.56 Å². The van der Waals surface area contributed by atoms with Crippen molar-refractivity contribution in [2.45, 2.75) is 33.1 Å². The van der Waals surface area contributed by atoms with Gasteiger partial charge in [0.05, 0.1) is 6.61 Å². The van der Waals surface area contributed by atoms with Crippen molar-refractivity contribution in [2.75, 3.05) is 6.61 Å². The van der Waals surface area contributed by atoms with Crippen LogP contribution in [0.5, 0.6) is 0 Å². The molecule has 0 bridgehead atoms. The summed E-state index contributed by atoms with van der Waals surface area (Å²) in [4.78, 5) is 11.4. The quantitative estimate of drug-likeness (QED) is 0.615. The van der Waals surface area contributed by atoms with E-state index in [0.717, 1.165) is 5.56 Å². The van der Waals surface area contributed by atoms with E-state index in [1.807, 2.05) is 12.1 Å². The number of esters is 1. The molecule has 98 valence electrons. The topological polar surface area (TPSA) is 26.3 Å². The van der Waals surface area contributed by atoms with Crippen molar-refractivity contribution < 1.29 is 9.53 Å². The van der Waals surface area contributed by atoms with Gasteiger partial charge in [-0.1, -0.05) is 45.0 Å². The van der Waals surface area contributed by atoms with Gasteiger partial charge in [0.25, 0.3) is 0 Å². The van der Waals surface area contributed by atoms with Gasteiger partial charge in [-0.05, 0) is 45.5 Å². The first-order valence-corrected chi connectivity index (χ1v) is 6.78. The van der Waals surface area contributed by atoms with E-state index in [9.17, 15) is 4.79 Å². The first kappa shape index (κ1) is 15.0. The third-order valence-corrected chi connectivity index (χ3v) is 3.09. The molecule has 0 saturated heterocycles. The first-order chi connectivity index (χ1) is 8.34. The Balaban J connectivity index is 2.87. The smallest absolute Gasteiger partial charge is 0.345 e. The number of hydrogen-bond donors (Lipinski definition) is 0. The van der Waals surface area contributed by atoms with Gasteiger partial charge in [0.1, 0.15) is 4.48 Å². The Morgan fingerprint density at radius 1 is 1.28 bits per heavy atom. The van der Waals surface area contributed by atoms with Crippen molar-refractivity contribution in [3.63, 3.8) is 0 Å². The summed E-state index contributed by atoms with van der Waals surface area (Å²) in [5, 5.41) is 0. The van der Waals surface area contributed by atoms with Gasteiger partial charge < -0.3 is 4.74 Å². The average Bonchev–Trinajstić information content (AvgIpc) is 2.28. The molecule has 0 radical (unpaired) electrons. The van der Waals surface area contributed by atoms with Crippen molar-refractivity contribution in [2.24, 2.45) is 0 Å². The molecule has 1 rings (SSSR count). The largest absolute Gasteiger partial charge is 0.462 e. The molecule has 0 N–H and O–H groups in total. The summed E-state index contributed by atoms with van der Waals surface area (Å²) in [5.74, 6) is -0.336. The number of hydrogen-bond acceptors (Lipinski definition) is 2. The Kier molecular flexibility index (Phi) is 5.15. The third kappa shape index (κ3) is 4.30. The molecule has 18 heavy (non-hydrogen) atoms. The molecule has 0 amide bonds. The second kappa shape index (κ2) is 6.19. The lowest BCUT2D eigenvalue weighted by molar-refractivity contribution is -0.137. The van der Waals surface area contributed by atoms with Crippen molar-refractivity contribution in [1.29, 1.82) is 0 Å². The molecule has 0 aliphatic heterocycles. The zero-order valence-corrected chi connectivity index (χ0v) is 12.9. The summed E-state index contributed by atoms with van der Waals surface area (Å²) in [6.07, 6.45) is 1.77. The van der Waals surface area contributed by atoms with Crippen LogP contribution in [0, 0.1) is 0 Å². The molecule has 2 nitrogen and oxygen atoms in total. The number of ether oxygens (including phenoxy) is 1. The predicted octanol–water partition coefficient (Wildman–Crippen LogP) is 4.28. The third-order valence-electron chi connectivity index (χ3n) is 2.54. The minimum absolute atomic E-state index is 0.140. The minimum Gasteiger partial charge on any atom is -0.462 e. The highest BCUT2D eigenvalue weighted by atomic mass is 79.9. The number of carbonyl (C=O) groups is 1. The van der Waals surface area contributed by atoms with Crippen LogP contribution >= 0.6 is 15.9 Å². The highest BCUT2D eigenvalue weighted by Crippen LogP contribution is 2.23. The summed E-state index contributed by atoms with van der Waals surface area (Å²) < 4.78 is 5.34. The molecule has 1 aromatic rings. The van der Waals surface area contributed by atoms with Gasteiger partial charge in [0.2, 0.25) is 0 Å². The van der Waals surface area contributed by atoms with Gasteiger partial charge in [0, 0.05) is 0 Å². The van der Waals surface area contributed by atoms with Gasteiger partial charge >= 0.3 is 5.97 Å². The predicted molar refractivity (Wildman–Crippen MR) is 78.7 cm³/mol. The molecular formula is C15H19BrO2. The van der Waals surface area contributed by atoms with Crippen molar-refractivity contribution in [3.8, 4) is 0 Å². The van der Waals surface area contributed by atoms with Crippen LogP contribution in [0.25, 0.3) is 6.08 Å². The Morgan fingerprint density at radius 3 is 2.28 bits per heavy atom. The molecule has 0 aromatic heterocycles. The molecule has 0 aliphatic rings. The van der Waals surface area contributed by atoms with Crippen molar-refractivity contribution in [1.82, 2.24) is 0 Å². The van der Waals surface area contributed by atoms with Gasteiger partial charge in [-0.2, -0.15) is 0 Å². The summed E-state index contributed by atoms with van der Waals surface area (Å²) in [7, 11) is 0. The van der Waals surface area contributed by atoms with Crippen LogP contribution in [0.4, 0.5) is 0 Å². The van der Waals surface area contributed by atoms with Crippen LogP contribution in [0.1, 0.15) is 38.8 Å². The monoisotopic (exact) mass is 310 g/mol. The standard InChI is InChI=1S/C15H19BrO2/c1-5-18-14(17)13(16)10-11-6-8-12(9-7-11)15(2,3)4/h6-10H,5H2,1-4H3. The van der Waals surface area contributed by atoms with E-state index in [1.54, 1.807) is 13.0 Å². The summed E-state index contributed by atoms with van der Waals surface area (Å²) in [6, 6.07) is 8.16. The molecule has 0 heterocycles. The first-order valence-electron chi connectivity index (χ1n) is 5.99. The molecule has 3 heteroatoms. The molecular weight excluding hydrogens is 292 g/mol. The summed E-state index contributed by atoms with van der Waals surface area (Å²) in [6.45, 7) is 8.69. The maximum absolute atomic E-state index is 11.4. The van der Waals surface area contributed by atoms with Crippen molar-refractivity contribution in [3.05, 3.63) is 39.9 Å². The molecule has 0 atom stereocenters. The maximum atomic E-state index is 11.4. The van der Waals surface area contributed by atoms with E-state index < -0.39 is 0 Å². The zero-order chi connectivity index (χ0) is 13.8. The molecule has 0 saturated carbocycles. The molecule has 0 unspecified atom stereocenters. The van der Waals surface area contributed by atoms with Gasteiger partial charge in [-0.25, -0.2) is 4.79 Å². The highest BCUT2D eigenvalue weighted by Gasteiger charge is 2.13. The highest BCUT2D eigenvalue weighted by molar-refractivity contribution is 9.12. The Bertz CT molecular complexity index is 439. The van der Waals surface area contributed by atoms with Gasteiger partial charge in [-0.15, -0.1) is 0 Å². The lowest BCUT2D eigenvalue weighted by atomic mass is 9.87. The van der Waals surface area contributed by atoms with Crippen LogP contribution in [-0.4, -0.2) is 12.6 Å². The fourth-order valence-corrected chi connectivity index (χ4v) is 1.86. The SMILES string of the molecule is CCOC(=O)C(Br)=Cc1ccc(C(C)(C)C)cc1. The fraction of sp³-hybridized carbons (Fsp3) is 0.400. The van der Waals surface area contributed by atoms with Gasteiger partial charge in [-0.3, -0.25) is 0 Å². The molecule has 0 aliphatic carbocycles. The second-order valence-corrected chi connectivity index (χ2v) is 5.94. The minimum atomic E-state index is -0.336. The fourth-order valence-electron chi connectivity index (χ4n) is 1.48. The number of halogens is 1. The van der Waals surface area contributed by atoms with E-state index in [2.05, 4.69) is 48.8 Å². The summed E-state index contributed by atoms with van der Waals surface area (Å²) >= 11 is 3.23. The number of rotatable bonds is 3. The Morgan fingerprint density at radius 2 is 1.83 bits per heavy atom. The lowest BCUT2D eigenvalue weighted by Crippen LogP contribution is -2.10. The zero-order valence-electron chi connectivity index (χ0n) is 11.3.